The Balaban J connectivity index is 1.92. The van der Waals surface area contributed by atoms with Crippen molar-refractivity contribution in [2.24, 2.45) is 11.8 Å². The molecule has 1 saturated carbocycles. The minimum absolute atomic E-state index is 0.199. The summed E-state index contributed by atoms with van der Waals surface area (Å²) in [6.45, 7) is 3.35. The van der Waals surface area contributed by atoms with E-state index in [1.165, 1.54) is 12.8 Å². The van der Waals surface area contributed by atoms with Gasteiger partial charge in [0, 0.05) is 22.7 Å². The van der Waals surface area contributed by atoms with Gasteiger partial charge in [-0.25, -0.2) is 0 Å². The van der Waals surface area contributed by atoms with E-state index >= 15 is 0 Å². The van der Waals surface area contributed by atoms with Gasteiger partial charge in [0.25, 0.3) is 0 Å². The Morgan fingerprint density at radius 2 is 2.05 bits per heavy atom. The fourth-order valence-electron chi connectivity index (χ4n) is 2.91. The number of hydrogen-bond donors (Lipinski definition) is 2. The van der Waals surface area contributed by atoms with E-state index in [1.54, 1.807) is 6.07 Å². The molecule has 2 N–H and O–H groups in total. The zero-order valence-electron chi connectivity index (χ0n) is 11.2. The van der Waals surface area contributed by atoms with Gasteiger partial charge in [0.15, 0.2) is 0 Å². The largest absolute Gasteiger partial charge is 0.396 e. The lowest BCUT2D eigenvalue weighted by atomic mass is 9.96. The molecular formula is C15H21Cl2NO. The summed E-state index contributed by atoms with van der Waals surface area (Å²) >= 11 is 12.1. The van der Waals surface area contributed by atoms with Gasteiger partial charge in [-0.1, -0.05) is 35.7 Å². The summed E-state index contributed by atoms with van der Waals surface area (Å²) in [5.74, 6) is 1.04. The summed E-state index contributed by atoms with van der Waals surface area (Å²) in [6, 6.07) is 5.82. The molecule has 2 nitrogen and oxygen atoms in total. The number of nitrogens with one attached hydrogen (secondary N) is 1. The highest BCUT2D eigenvalue weighted by atomic mass is 35.5. The molecule has 2 rings (SSSR count). The van der Waals surface area contributed by atoms with Crippen LogP contribution in [0, 0.1) is 11.8 Å². The maximum Gasteiger partial charge on any atom is 0.0468 e. The Morgan fingerprint density at radius 3 is 2.74 bits per heavy atom. The molecule has 0 spiro atoms. The highest BCUT2D eigenvalue weighted by molar-refractivity contribution is 6.35. The summed E-state index contributed by atoms with van der Waals surface area (Å²) in [4.78, 5) is 0. The number of aliphatic hydroxyl groups excluding tert-OH is 1. The second-order valence-corrected chi connectivity index (χ2v) is 6.27. The molecule has 19 heavy (non-hydrogen) atoms. The topological polar surface area (TPSA) is 32.3 Å². The van der Waals surface area contributed by atoms with Crippen LogP contribution in [-0.2, 0) is 0 Å². The number of hydrogen-bond acceptors (Lipinski definition) is 2. The third-order valence-electron chi connectivity index (χ3n) is 4.17. The standard InChI is InChI=1S/C15H21Cl2NO/c1-10(14-6-5-13(16)7-15(14)17)18-8-11-3-2-4-12(11)9-19/h5-7,10-12,18-19H,2-4,8-9H2,1H3. The summed E-state index contributed by atoms with van der Waals surface area (Å²) in [6.07, 6.45) is 3.59. The lowest BCUT2D eigenvalue weighted by Crippen LogP contribution is -2.29. The van der Waals surface area contributed by atoms with Crippen molar-refractivity contribution in [2.75, 3.05) is 13.2 Å². The molecule has 3 atom stereocenters. The van der Waals surface area contributed by atoms with Crippen LogP contribution in [0.3, 0.4) is 0 Å². The van der Waals surface area contributed by atoms with E-state index in [4.69, 9.17) is 23.2 Å². The van der Waals surface area contributed by atoms with Crippen LogP contribution in [0.15, 0.2) is 18.2 Å². The Hall–Kier alpha value is -0.280. The van der Waals surface area contributed by atoms with Crippen LogP contribution in [-0.4, -0.2) is 18.3 Å². The molecule has 0 bridgehead atoms. The minimum atomic E-state index is 0.199. The molecule has 1 aliphatic carbocycles. The first-order chi connectivity index (χ1) is 9.11. The number of rotatable bonds is 5. The zero-order valence-corrected chi connectivity index (χ0v) is 12.7. The average Bonchev–Trinajstić information content (AvgIpc) is 2.83. The van der Waals surface area contributed by atoms with Crippen molar-refractivity contribution in [2.45, 2.75) is 32.2 Å². The summed E-state index contributed by atoms with van der Waals surface area (Å²) in [7, 11) is 0. The van der Waals surface area contributed by atoms with Crippen LogP contribution >= 0.6 is 23.2 Å². The monoisotopic (exact) mass is 301 g/mol. The fourth-order valence-corrected chi connectivity index (χ4v) is 3.49. The van der Waals surface area contributed by atoms with Crippen LogP contribution in [0.25, 0.3) is 0 Å². The normalized spacial score (nSPS) is 24.6. The lowest BCUT2D eigenvalue weighted by Gasteiger charge is -2.22. The fraction of sp³-hybridized carbons (Fsp3) is 0.600. The van der Waals surface area contributed by atoms with E-state index in [9.17, 15) is 5.11 Å². The Labute approximate surface area is 125 Å². The van der Waals surface area contributed by atoms with E-state index in [0.717, 1.165) is 18.5 Å². The van der Waals surface area contributed by atoms with Gasteiger partial charge in [-0.3, -0.25) is 0 Å². The molecule has 1 aromatic rings. The number of aliphatic hydroxyl groups is 1. The smallest absolute Gasteiger partial charge is 0.0468 e. The molecule has 0 aromatic heterocycles. The predicted molar refractivity (Wildman–Crippen MR) is 80.8 cm³/mol. The van der Waals surface area contributed by atoms with Gasteiger partial charge < -0.3 is 10.4 Å². The summed E-state index contributed by atoms with van der Waals surface area (Å²) in [5.41, 5.74) is 1.07. The molecular weight excluding hydrogens is 281 g/mol. The van der Waals surface area contributed by atoms with Gasteiger partial charge in [0.05, 0.1) is 0 Å². The minimum Gasteiger partial charge on any atom is -0.396 e. The second-order valence-electron chi connectivity index (χ2n) is 5.43. The van der Waals surface area contributed by atoms with Crippen molar-refractivity contribution in [1.82, 2.24) is 5.32 Å². The summed E-state index contributed by atoms with van der Waals surface area (Å²) < 4.78 is 0. The van der Waals surface area contributed by atoms with Crippen LogP contribution < -0.4 is 5.32 Å². The van der Waals surface area contributed by atoms with Gasteiger partial charge in [0.2, 0.25) is 0 Å². The first-order valence-corrected chi connectivity index (χ1v) is 7.66. The van der Waals surface area contributed by atoms with Crippen molar-refractivity contribution in [3.05, 3.63) is 33.8 Å². The first kappa shape index (κ1) is 15.1. The molecule has 3 unspecified atom stereocenters. The highest BCUT2D eigenvalue weighted by Crippen LogP contribution is 2.32. The van der Waals surface area contributed by atoms with Crippen LogP contribution in [0.4, 0.5) is 0 Å². The Morgan fingerprint density at radius 1 is 1.32 bits per heavy atom. The Kier molecular flexibility index (Phi) is 5.52. The van der Waals surface area contributed by atoms with Gasteiger partial charge >= 0.3 is 0 Å². The van der Waals surface area contributed by atoms with E-state index in [0.29, 0.717) is 28.5 Å². The highest BCUT2D eigenvalue weighted by Gasteiger charge is 2.26. The van der Waals surface area contributed by atoms with Crippen molar-refractivity contribution in [1.29, 1.82) is 0 Å². The third-order valence-corrected chi connectivity index (χ3v) is 4.73. The van der Waals surface area contributed by atoms with E-state index in [2.05, 4.69) is 12.2 Å². The molecule has 1 aromatic carbocycles. The van der Waals surface area contributed by atoms with Crippen LogP contribution in [0.2, 0.25) is 10.0 Å². The average molecular weight is 302 g/mol. The van der Waals surface area contributed by atoms with E-state index < -0.39 is 0 Å². The van der Waals surface area contributed by atoms with Gasteiger partial charge in [-0.15, -0.1) is 0 Å². The van der Waals surface area contributed by atoms with Crippen molar-refractivity contribution in [3.8, 4) is 0 Å². The molecule has 106 valence electrons. The van der Waals surface area contributed by atoms with Crippen LogP contribution in [0.1, 0.15) is 37.8 Å². The molecule has 1 fully saturated rings. The summed E-state index contributed by atoms with van der Waals surface area (Å²) in [5, 5.41) is 14.2. The number of benzene rings is 1. The van der Waals surface area contributed by atoms with Crippen molar-refractivity contribution in [3.63, 3.8) is 0 Å². The SMILES string of the molecule is CC(NCC1CCCC1CO)c1ccc(Cl)cc1Cl. The lowest BCUT2D eigenvalue weighted by molar-refractivity contribution is 0.190. The molecule has 0 aliphatic heterocycles. The van der Waals surface area contributed by atoms with Crippen LogP contribution in [0.5, 0.6) is 0 Å². The van der Waals surface area contributed by atoms with E-state index in [-0.39, 0.29) is 6.04 Å². The van der Waals surface area contributed by atoms with Gasteiger partial charge in [-0.2, -0.15) is 0 Å². The zero-order chi connectivity index (χ0) is 13.8. The maximum atomic E-state index is 9.33. The Bertz CT molecular complexity index is 425. The quantitative estimate of drug-likeness (QED) is 0.860. The molecule has 0 heterocycles. The maximum absolute atomic E-state index is 9.33. The second kappa shape index (κ2) is 6.94. The van der Waals surface area contributed by atoms with Gasteiger partial charge in [0.1, 0.15) is 0 Å². The number of halogens is 2. The first-order valence-electron chi connectivity index (χ1n) is 6.91. The van der Waals surface area contributed by atoms with E-state index in [1.807, 2.05) is 12.1 Å². The molecule has 1 aliphatic rings. The van der Waals surface area contributed by atoms with Crippen molar-refractivity contribution >= 4 is 23.2 Å². The predicted octanol–water partition coefficient (Wildman–Crippen LogP) is 4.05. The molecule has 4 heteroatoms. The molecule has 0 saturated heterocycles. The van der Waals surface area contributed by atoms with Gasteiger partial charge in [-0.05, 0) is 55.8 Å². The molecule has 0 radical (unpaired) electrons. The van der Waals surface area contributed by atoms with Crippen molar-refractivity contribution < 1.29 is 5.11 Å². The molecule has 0 amide bonds. The third kappa shape index (κ3) is 3.85.